The highest BCUT2D eigenvalue weighted by Crippen LogP contribution is 2.29. The topological polar surface area (TPSA) is 78.5 Å². The Bertz CT molecular complexity index is 1020. The van der Waals surface area contributed by atoms with Crippen molar-refractivity contribution in [2.75, 3.05) is 17.8 Å². The number of carbonyl (C=O) groups excluding carboxylic acids is 1. The highest BCUT2D eigenvalue weighted by Gasteiger charge is 2.32. The standard InChI is InChI=1S/C23H29N3O3S/c1-16-4-3-5-22(17(16)2)25-30(28,29)21-10-6-18(7-11-21)23(27)24-19-12-14-26(15-13-19)20-8-9-20/h3-7,10-11,19-20,25H,8-9,12-15H2,1-2H3,(H,24,27). The van der Waals surface area contributed by atoms with Gasteiger partial charge >= 0.3 is 0 Å². The maximum absolute atomic E-state index is 12.7. The van der Waals surface area contributed by atoms with Crippen LogP contribution in [0, 0.1) is 13.8 Å². The first-order chi connectivity index (χ1) is 14.3. The van der Waals surface area contributed by atoms with E-state index in [-0.39, 0.29) is 16.8 Å². The van der Waals surface area contributed by atoms with Crippen LogP contribution in [0.15, 0.2) is 47.4 Å². The molecule has 0 aromatic heterocycles. The van der Waals surface area contributed by atoms with Gasteiger partial charge in [0.1, 0.15) is 0 Å². The molecule has 2 aromatic rings. The van der Waals surface area contributed by atoms with E-state index in [2.05, 4.69) is 14.9 Å². The number of anilines is 1. The molecule has 7 heteroatoms. The first-order valence-electron chi connectivity index (χ1n) is 10.6. The van der Waals surface area contributed by atoms with Gasteiger partial charge in [0, 0.05) is 30.7 Å². The van der Waals surface area contributed by atoms with Crippen LogP contribution in [0.3, 0.4) is 0 Å². The van der Waals surface area contributed by atoms with E-state index in [1.807, 2.05) is 26.0 Å². The number of hydrogen-bond donors (Lipinski definition) is 2. The number of aryl methyl sites for hydroxylation is 1. The minimum absolute atomic E-state index is 0.137. The first kappa shape index (κ1) is 20.9. The van der Waals surface area contributed by atoms with E-state index < -0.39 is 10.0 Å². The number of piperidine rings is 1. The van der Waals surface area contributed by atoms with Crippen LogP contribution in [-0.2, 0) is 10.0 Å². The number of nitrogens with one attached hydrogen (secondary N) is 2. The molecule has 160 valence electrons. The zero-order valence-corrected chi connectivity index (χ0v) is 18.3. The minimum Gasteiger partial charge on any atom is -0.349 e. The lowest BCUT2D eigenvalue weighted by molar-refractivity contribution is 0.0909. The Morgan fingerprint density at radius 1 is 0.967 bits per heavy atom. The van der Waals surface area contributed by atoms with E-state index in [0.717, 1.165) is 43.1 Å². The van der Waals surface area contributed by atoms with Gasteiger partial charge in [-0.05, 0) is 81.0 Å². The number of likely N-dealkylation sites (tertiary alicyclic amines) is 1. The van der Waals surface area contributed by atoms with Crippen LogP contribution >= 0.6 is 0 Å². The zero-order chi connectivity index (χ0) is 21.3. The number of sulfonamides is 1. The number of carbonyl (C=O) groups is 1. The molecule has 0 spiro atoms. The maximum Gasteiger partial charge on any atom is 0.261 e. The monoisotopic (exact) mass is 427 g/mol. The molecule has 4 rings (SSSR count). The van der Waals surface area contributed by atoms with Crippen LogP contribution < -0.4 is 10.0 Å². The van der Waals surface area contributed by atoms with Crippen molar-refractivity contribution in [1.29, 1.82) is 0 Å². The molecule has 0 unspecified atom stereocenters. The van der Waals surface area contributed by atoms with Crippen molar-refractivity contribution in [1.82, 2.24) is 10.2 Å². The van der Waals surface area contributed by atoms with E-state index in [0.29, 0.717) is 11.3 Å². The molecule has 1 amide bonds. The predicted octanol–water partition coefficient (Wildman–Crippen LogP) is 3.46. The fourth-order valence-corrected chi connectivity index (χ4v) is 5.09. The lowest BCUT2D eigenvalue weighted by atomic mass is 10.0. The molecule has 2 aromatic carbocycles. The minimum atomic E-state index is -3.72. The molecule has 6 nitrogen and oxygen atoms in total. The summed E-state index contributed by atoms with van der Waals surface area (Å²) in [6, 6.07) is 12.6. The van der Waals surface area contributed by atoms with Gasteiger partial charge in [-0.15, -0.1) is 0 Å². The third-order valence-corrected chi connectivity index (χ3v) is 7.59. The van der Waals surface area contributed by atoms with Gasteiger partial charge in [-0.3, -0.25) is 9.52 Å². The van der Waals surface area contributed by atoms with Gasteiger partial charge in [0.25, 0.3) is 15.9 Å². The van der Waals surface area contributed by atoms with Gasteiger partial charge in [0.15, 0.2) is 0 Å². The average Bonchev–Trinajstić information content (AvgIpc) is 3.57. The summed E-state index contributed by atoms with van der Waals surface area (Å²) in [5, 5.41) is 3.10. The molecule has 0 radical (unpaired) electrons. The van der Waals surface area contributed by atoms with Crippen molar-refractivity contribution >= 4 is 21.6 Å². The second-order valence-corrected chi connectivity index (χ2v) is 10.1. The third-order valence-electron chi connectivity index (χ3n) is 6.20. The summed E-state index contributed by atoms with van der Waals surface area (Å²) in [6.07, 6.45) is 4.55. The normalized spacial score (nSPS) is 18.2. The van der Waals surface area contributed by atoms with Gasteiger partial charge in [-0.25, -0.2) is 8.42 Å². The Kier molecular flexibility index (Phi) is 5.84. The average molecular weight is 428 g/mol. The van der Waals surface area contributed by atoms with Crippen molar-refractivity contribution in [2.24, 2.45) is 0 Å². The molecule has 2 N–H and O–H groups in total. The van der Waals surface area contributed by atoms with Gasteiger partial charge in [0.05, 0.1) is 10.6 Å². The molecule has 1 saturated carbocycles. The van der Waals surface area contributed by atoms with E-state index in [4.69, 9.17) is 0 Å². The Morgan fingerprint density at radius 2 is 1.63 bits per heavy atom. The van der Waals surface area contributed by atoms with Crippen molar-refractivity contribution < 1.29 is 13.2 Å². The summed E-state index contributed by atoms with van der Waals surface area (Å²) in [5.74, 6) is -0.147. The first-order valence-corrected chi connectivity index (χ1v) is 12.1. The van der Waals surface area contributed by atoms with Crippen LogP contribution in [0.25, 0.3) is 0 Å². The molecular formula is C23H29N3O3S. The van der Waals surface area contributed by atoms with Gasteiger partial charge in [0.2, 0.25) is 0 Å². The fourth-order valence-electron chi connectivity index (χ4n) is 3.97. The number of hydrogen-bond acceptors (Lipinski definition) is 4. The third kappa shape index (κ3) is 4.68. The summed E-state index contributed by atoms with van der Waals surface area (Å²) in [4.78, 5) is 15.2. The summed E-state index contributed by atoms with van der Waals surface area (Å²) in [5.41, 5.74) is 2.95. The van der Waals surface area contributed by atoms with E-state index in [1.54, 1.807) is 18.2 Å². The quantitative estimate of drug-likeness (QED) is 0.740. The molecule has 30 heavy (non-hydrogen) atoms. The van der Waals surface area contributed by atoms with E-state index in [9.17, 15) is 13.2 Å². The smallest absolute Gasteiger partial charge is 0.261 e. The Balaban J connectivity index is 1.38. The zero-order valence-electron chi connectivity index (χ0n) is 17.5. The molecule has 0 atom stereocenters. The van der Waals surface area contributed by atoms with Crippen molar-refractivity contribution in [3.05, 3.63) is 59.2 Å². The molecule has 1 aliphatic heterocycles. The molecule has 2 aliphatic rings. The largest absolute Gasteiger partial charge is 0.349 e. The summed E-state index contributed by atoms with van der Waals surface area (Å²) < 4.78 is 28.1. The van der Waals surface area contributed by atoms with Gasteiger partial charge in [-0.2, -0.15) is 0 Å². The molecule has 0 bridgehead atoms. The Morgan fingerprint density at radius 3 is 2.27 bits per heavy atom. The number of nitrogens with zero attached hydrogens (tertiary/aromatic N) is 1. The molecule has 1 heterocycles. The van der Waals surface area contributed by atoms with Crippen molar-refractivity contribution in [3.63, 3.8) is 0 Å². The van der Waals surface area contributed by atoms with Crippen LogP contribution in [-0.4, -0.2) is 44.4 Å². The lowest BCUT2D eigenvalue weighted by Gasteiger charge is -2.32. The van der Waals surface area contributed by atoms with Crippen LogP contribution in [0.1, 0.15) is 47.2 Å². The van der Waals surface area contributed by atoms with E-state index in [1.165, 1.54) is 25.0 Å². The lowest BCUT2D eigenvalue weighted by Crippen LogP contribution is -2.45. The van der Waals surface area contributed by atoms with Gasteiger partial charge in [-0.1, -0.05) is 12.1 Å². The molecule has 1 aliphatic carbocycles. The number of benzene rings is 2. The molecule has 2 fully saturated rings. The van der Waals surface area contributed by atoms with Gasteiger partial charge < -0.3 is 10.2 Å². The van der Waals surface area contributed by atoms with Crippen molar-refractivity contribution in [3.8, 4) is 0 Å². The predicted molar refractivity (Wildman–Crippen MR) is 118 cm³/mol. The number of rotatable bonds is 6. The van der Waals surface area contributed by atoms with Crippen LogP contribution in [0.5, 0.6) is 0 Å². The highest BCUT2D eigenvalue weighted by molar-refractivity contribution is 7.92. The van der Waals surface area contributed by atoms with Crippen molar-refractivity contribution in [2.45, 2.75) is 56.5 Å². The summed E-state index contributed by atoms with van der Waals surface area (Å²) in [6.45, 7) is 5.90. The number of amides is 1. The van der Waals surface area contributed by atoms with Crippen LogP contribution in [0.4, 0.5) is 5.69 Å². The maximum atomic E-state index is 12.7. The highest BCUT2D eigenvalue weighted by atomic mass is 32.2. The molecule has 1 saturated heterocycles. The second-order valence-electron chi connectivity index (χ2n) is 8.39. The fraction of sp³-hybridized carbons (Fsp3) is 0.435. The molecular weight excluding hydrogens is 398 g/mol. The SMILES string of the molecule is Cc1cccc(NS(=O)(=O)c2ccc(C(=O)NC3CCN(C4CC4)CC3)cc2)c1C. The Labute approximate surface area is 178 Å². The van der Waals surface area contributed by atoms with E-state index >= 15 is 0 Å². The van der Waals surface area contributed by atoms with Crippen LogP contribution in [0.2, 0.25) is 0 Å². The Hall–Kier alpha value is -2.38. The second kappa shape index (κ2) is 8.40. The summed E-state index contributed by atoms with van der Waals surface area (Å²) >= 11 is 0. The summed E-state index contributed by atoms with van der Waals surface area (Å²) in [7, 11) is -3.72.